The molecule has 1 saturated carbocycles. The molecule has 2 aliphatic rings. The van der Waals surface area contributed by atoms with Crippen LogP contribution < -0.4 is 5.32 Å². The number of carboxylic acid groups (broad SMARTS) is 1. The summed E-state index contributed by atoms with van der Waals surface area (Å²) in [6.07, 6.45) is 9.45. The fourth-order valence-electron chi connectivity index (χ4n) is 4.39. The zero-order valence-electron chi connectivity index (χ0n) is 15.9. The first-order valence-corrected chi connectivity index (χ1v) is 10.0. The minimum absolute atomic E-state index is 0.0445. The van der Waals surface area contributed by atoms with Crippen molar-refractivity contribution in [1.29, 1.82) is 0 Å². The van der Waals surface area contributed by atoms with Crippen molar-refractivity contribution in [2.75, 3.05) is 26.2 Å². The van der Waals surface area contributed by atoms with Gasteiger partial charge < -0.3 is 15.3 Å². The molecule has 0 spiro atoms. The molecule has 0 aromatic heterocycles. The minimum atomic E-state index is -0.779. The predicted molar refractivity (Wildman–Crippen MR) is 98.7 cm³/mol. The Labute approximate surface area is 151 Å². The van der Waals surface area contributed by atoms with Crippen LogP contribution in [-0.2, 0) is 4.79 Å². The monoisotopic (exact) mass is 353 g/mol. The highest BCUT2D eigenvalue weighted by Crippen LogP contribution is 2.27. The predicted octanol–water partition coefficient (Wildman–Crippen LogP) is 2.93. The lowest BCUT2D eigenvalue weighted by atomic mass is 9.85. The molecule has 0 unspecified atom stereocenters. The second-order valence-electron chi connectivity index (χ2n) is 7.77. The van der Waals surface area contributed by atoms with Crippen molar-refractivity contribution < 1.29 is 14.7 Å². The molecule has 0 aromatic rings. The Morgan fingerprint density at radius 1 is 1.16 bits per heavy atom. The maximum absolute atomic E-state index is 12.5. The van der Waals surface area contributed by atoms with Crippen LogP contribution in [0.1, 0.15) is 65.2 Å². The smallest absolute Gasteiger partial charge is 0.317 e. The summed E-state index contributed by atoms with van der Waals surface area (Å²) in [5.41, 5.74) is 0. The number of carbonyl (C=O) groups excluding carboxylic acids is 1. The number of aliphatic carboxylic acids is 1. The van der Waals surface area contributed by atoms with Gasteiger partial charge in [0, 0.05) is 25.2 Å². The van der Waals surface area contributed by atoms with E-state index < -0.39 is 5.97 Å². The maximum atomic E-state index is 12.5. The molecule has 1 saturated heterocycles. The summed E-state index contributed by atoms with van der Waals surface area (Å²) in [6.45, 7) is 6.36. The van der Waals surface area contributed by atoms with Gasteiger partial charge in [0.15, 0.2) is 0 Å². The van der Waals surface area contributed by atoms with E-state index in [1.165, 1.54) is 32.1 Å². The first-order valence-electron chi connectivity index (χ1n) is 10.0. The zero-order valence-corrected chi connectivity index (χ0v) is 15.9. The van der Waals surface area contributed by atoms with E-state index in [0.717, 1.165) is 31.7 Å². The largest absolute Gasteiger partial charge is 0.480 e. The molecule has 25 heavy (non-hydrogen) atoms. The van der Waals surface area contributed by atoms with Crippen LogP contribution >= 0.6 is 0 Å². The number of nitrogens with zero attached hydrogens (tertiary/aromatic N) is 2. The van der Waals surface area contributed by atoms with E-state index in [9.17, 15) is 9.59 Å². The summed E-state index contributed by atoms with van der Waals surface area (Å²) in [5.74, 6) is -0.0116. The van der Waals surface area contributed by atoms with Crippen LogP contribution in [0.25, 0.3) is 0 Å². The SMILES string of the molecule is CCN(CC(=O)O)C1CCN(C(=O)N[C@@H](C)CC2CCCCC2)CC1. The Morgan fingerprint density at radius 3 is 2.36 bits per heavy atom. The summed E-state index contributed by atoms with van der Waals surface area (Å²) >= 11 is 0. The molecule has 2 rings (SSSR count). The van der Waals surface area contributed by atoms with Crippen molar-refractivity contribution in [1.82, 2.24) is 15.1 Å². The van der Waals surface area contributed by atoms with Crippen molar-refractivity contribution in [3.63, 3.8) is 0 Å². The molecule has 2 fully saturated rings. The quantitative estimate of drug-likeness (QED) is 0.738. The molecule has 0 radical (unpaired) electrons. The number of hydrogen-bond acceptors (Lipinski definition) is 3. The molecule has 1 atom stereocenters. The lowest BCUT2D eigenvalue weighted by Crippen LogP contribution is -2.51. The third-order valence-electron chi connectivity index (χ3n) is 5.79. The Bertz CT molecular complexity index is 430. The number of likely N-dealkylation sites (tertiary alicyclic amines) is 1. The molecular formula is C19H35N3O3. The number of amides is 2. The van der Waals surface area contributed by atoms with E-state index in [-0.39, 0.29) is 24.7 Å². The van der Waals surface area contributed by atoms with Crippen LogP contribution in [-0.4, -0.2) is 65.2 Å². The minimum Gasteiger partial charge on any atom is -0.480 e. The maximum Gasteiger partial charge on any atom is 0.317 e. The first kappa shape index (κ1) is 20.0. The first-order chi connectivity index (χ1) is 12.0. The average Bonchev–Trinajstić information content (AvgIpc) is 2.60. The van der Waals surface area contributed by atoms with E-state index in [1.54, 1.807) is 0 Å². The molecule has 6 nitrogen and oxygen atoms in total. The lowest BCUT2D eigenvalue weighted by Gasteiger charge is -2.38. The van der Waals surface area contributed by atoms with Crippen molar-refractivity contribution in [3.05, 3.63) is 0 Å². The molecule has 144 valence electrons. The summed E-state index contributed by atoms with van der Waals surface area (Å²) < 4.78 is 0. The molecule has 1 heterocycles. The average molecular weight is 354 g/mol. The van der Waals surface area contributed by atoms with E-state index >= 15 is 0 Å². The fourth-order valence-corrected chi connectivity index (χ4v) is 4.39. The summed E-state index contributed by atoms with van der Waals surface area (Å²) in [5, 5.41) is 12.2. The highest BCUT2D eigenvalue weighted by atomic mass is 16.4. The number of rotatable bonds is 7. The summed E-state index contributed by atoms with van der Waals surface area (Å²) in [4.78, 5) is 27.3. The molecule has 2 N–H and O–H groups in total. The number of carboxylic acids is 1. The standard InChI is InChI=1S/C19H35N3O3/c1-3-21(14-18(23)24)17-9-11-22(12-10-17)19(25)20-15(2)13-16-7-5-4-6-8-16/h15-17H,3-14H2,1-2H3,(H,20,25)(H,23,24)/t15-/m0/s1. The van der Waals surface area contributed by atoms with E-state index in [2.05, 4.69) is 12.2 Å². The normalized spacial score (nSPS) is 21.3. The van der Waals surface area contributed by atoms with Crippen LogP contribution in [0.4, 0.5) is 4.79 Å². The van der Waals surface area contributed by atoms with Crippen molar-refractivity contribution in [2.24, 2.45) is 5.92 Å². The fraction of sp³-hybridized carbons (Fsp3) is 0.895. The van der Waals surface area contributed by atoms with E-state index in [4.69, 9.17) is 5.11 Å². The van der Waals surface area contributed by atoms with Gasteiger partial charge in [-0.05, 0) is 38.6 Å². The Morgan fingerprint density at radius 2 is 1.80 bits per heavy atom. The molecule has 0 bridgehead atoms. The van der Waals surface area contributed by atoms with Gasteiger partial charge in [0.2, 0.25) is 0 Å². The topological polar surface area (TPSA) is 72.9 Å². The van der Waals surface area contributed by atoms with Crippen molar-refractivity contribution in [2.45, 2.75) is 77.3 Å². The number of carbonyl (C=O) groups is 2. The van der Waals surface area contributed by atoms with Gasteiger partial charge >= 0.3 is 12.0 Å². The van der Waals surface area contributed by atoms with Gasteiger partial charge in [-0.25, -0.2) is 4.79 Å². The van der Waals surface area contributed by atoms with Crippen LogP contribution in [0.2, 0.25) is 0 Å². The van der Waals surface area contributed by atoms with Gasteiger partial charge in [-0.15, -0.1) is 0 Å². The van der Waals surface area contributed by atoms with E-state index in [0.29, 0.717) is 13.1 Å². The van der Waals surface area contributed by atoms with Gasteiger partial charge in [-0.2, -0.15) is 0 Å². The number of likely N-dealkylation sites (N-methyl/N-ethyl adjacent to an activating group) is 1. The number of piperidine rings is 1. The highest BCUT2D eigenvalue weighted by molar-refractivity contribution is 5.74. The molecule has 2 amide bonds. The second kappa shape index (κ2) is 10.00. The van der Waals surface area contributed by atoms with Gasteiger partial charge in [0.05, 0.1) is 6.54 Å². The molecule has 6 heteroatoms. The van der Waals surface area contributed by atoms with Crippen LogP contribution in [0.3, 0.4) is 0 Å². The van der Waals surface area contributed by atoms with E-state index in [1.807, 2.05) is 16.7 Å². The Kier molecular flexibility index (Phi) is 8.00. The summed E-state index contributed by atoms with van der Waals surface area (Å²) in [6, 6.07) is 0.542. The van der Waals surface area contributed by atoms with Crippen LogP contribution in [0, 0.1) is 5.92 Å². The molecular weight excluding hydrogens is 318 g/mol. The number of hydrogen-bond donors (Lipinski definition) is 2. The Balaban J connectivity index is 1.71. The Hall–Kier alpha value is -1.30. The van der Waals surface area contributed by atoms with Crippen molar-refractivity contribution in [3.8, 4) is 0 Å². The van der Waals surface area contributed by atoms with Gasteiger partial charge in [-0.3, -0.25) is 9.69 Å². The lowest BCUT2D eigenvalue weighted by molar-refractivity contribution is -0.139. The van der Waals surface area contributed by atoms with Crippen LogP contribution in [0.5, 0.6) is 0 Å². The van der Waals surface area contributed by atoms with Gasteiger partial charge in [0.25, 0.3) is 0 Å². The zero-order chi connectivity index (χ0) is 18.2. The second-order valence-corrected chi connectivity index (χ2v) is 7.77. The van der Waals surface area contributed by atoms with Gasteiger partial charge in [-0.1, -0.05) is 39.0 Å². The molecule has 1 aliphatic carbocycles. The molecule has 1 aliphatic heterocycles. The summed E-state index contributed by atoms with van der Waals surface area (Å²) in [7, 11) is 0. The number of urea groups is 1. The van der Waals surface area contributed by atoms with Crippen molar-refractivity contribution >= 4 is 12.0 Å². The molecule has 0 aromatic carbocycles. The number of nitrogens with one attached hydrogen (secondary N) is 1. The third kappa shape index (κ3) is 6.49. The van der Waals surface area contributed by atoms with Gasteiger partial charge in [0.1, 0.15) is 0 Å². The van der Waals surface area contributed by atoms with Crippen LogP contribution in [0.15, 0.2) is 0 Å². The third-order valence-corrected chi connectivity index (χ3v) is 5.79. The highest BCUT2D eigenvalue weighted by Gasteiger charge is 2.28.